The number of hydrogen-bond acceptors (Lipinski definition) is 2. The number of halogens is 2. The zero-order valence-corrected chi connectivity index (χ0v) is 14.7. The fourth-order valence-corrected chi connectivity index (χ4v) is 5.20. The van der Waals surface area contributed by atoms with Crippen molar-refractivity contribution in [3.05, 3.63) is 33.8 Å². The van der Waals surface area contributed by atoms with Gasteiger partial charge in [0.05, 0.1) is 0 Å². The molecule has 0 saturated carbocycles. The van der Waals surface area contributed by atoms with E-state index in [1.54, 1.807) is 0 Å². The van der Waals surface area contributed by atoms with Crippen molar-refractivity contribution in [1.29, 1.82) is 0 Å². The topological polar surface area (TPSA) is 23.6 Å². The molecule has 0 radical (unpaired) electrons. The minimum absolute atomic E-state index is 0.380. The van der Waals surface area contributed by atoms with E-state index in [1.807, 2.05) is 18.2 Å². The molecular formula is C18H22Cl2N2O. The van der Waals surface area contributed by atoms with E-state index in [0.717, 1.165) is 49.6 Å². The number of likely N-dealkylation sites (tertiary alicyclic amines) is 1. The molecule has 23 heavy (non-hydrogen) atoms. The van der Waals surface area contributed by atoms with Crippen molar-refractivity contribution >= 4 is 29.1 Å². The van der Waals surface area contributed by atoms with Gasteiger partial charge in [0.2, 0.25) is 5.91 Å². The van der Waals surface area contributed by atoms with E-state index in [4.69, 9.17) is 23.2 Å². The van der Waals surface area contributed by atoms with Crippen molar-refractivity contribution in [2.45, 2.75) is 38.3 Å². The molecule has 3 aliphatic rings. The van der Waals surface area contributed by atoms with Gasteiger partial charge in [-0.15, -0.1) is 0 Å². The monoisotopic (exact) mass is 352 g/mol. The first-order chi connectivity index (χ1) is 11.1. The number of carbonyl (C=O) groups is 1. The second kappa shape index (κ2) is 6.27. The molecule has 0 spiro atoms. The van der Waals surface area contributed by atoms with Crippen LogP contribution < -0.4 is 0 Å². The maximum absolute atomic E-state index is 12.2. The second-order valence-electron chi connectivity index (χ2n) is 7.30. The number of benzene rings is 1. The zero-order valence-electron chi connectivity index (χ0n) is 13.2. The summed E-state index contributed by atoms with van der Waals surface area (Å²) < 4.78 is 0. The third-order valence-electron chi connectivity index (χ3n) is 5.66. The molecule has 3 atom stereocenters. The van der Waals surface area contributed by atoms with Crippen LogP contribution in [0.4, 0.5) is 0 Å². The van der Waals surface area contributed by atoms with Crippen LogP contribution in [0, 0.1) is 11.8 Å². The Hall–Kier alpha value is -0.770. The van der Waals surface area contributed by atoms with E-state index in [0.29, 0.717) is 28.8 Å². The first kappa shape index (κ1) is 15.7. The summed E-state index contributed by atoms with van der Waals surface area (Å²) in [5, 5.41) is 1.44. The van der Waals surface area contributed by atoms with Crippen molar-refractivity contribution < 1.29 is 4.79 Å². The molecular weight excluding hydrogens is 331 g/mol. The van der Waals surface area contributed by atoms with E-state index >= 15 is 0 Å². The number of fused-ring (bicyclic) bond motifs is 4. The summed E-state index contributed by atoms with van der Waals surface area (Å²) in [6, 6.07) is 6.24. The lowest BCUT2D eigenvalue weighted by Crippen LogP contribution is -2.60. The predicted molar refractivity (Wildman–Crippen MR) is 92.7 cm³/mol. The van der Waals surface area contributed by atoms with Crippen LogP contribution in [0.5, 0.6) is 0 Å². The maximum atomic E-state index is 12.2. The number of hydrogen-bond donors (Lipinski definition) is 0. The lowest BCUT2D eigenvalue weighted by Gasteiger charge is -2.52. The van der Waals surface area contributed by atoms with Gasteiger partial charge in [-0.25, -0.2) is 0 Å². The van der Waals surface area contributed by atoms with Crippen LogP contribution in [0.3, 0.4) is 0 Å². The van der Waals surface area contributed by atoms with Crippen molar-refractivity contribution in [3.63, 3.8) is 0 Å². The normalized spacial score (nSPS) is 31.1. The average Bonchev–Trinajstić information content (AvgIpc) is 2.51. The Balaban J connectivity index is 1.48. The van der Waals surface area contributed by atoms with Gasteiger partial charge in [0.25, 0.3) is 0 Å². The summed E-state index contributed by atoms with van der Waals surface area (Å²) >= 11 is 12.3. The number of piperidine rings is 3. The van der Waals surface area contributed by atoms with Gasteiger partial charge in [0.15, 0.2) is 0 Å². The molecule has 3 nitrogen and oxygen atoms in total. The van der Waals surface area contributed by atoms with Gasteiger partial charge in [0.1, 0.15) is 0 Å². The Bertz CT molecular complexity index is 621. The molecule has 124 valence electrons. The van der Waals surface area contributed by atoms with E-state index < -0.39 is 0 Å². The molecule has 2 bridgehead atoms. The van der Waals surface area contributed by atoms with Crippen LogP contribution >= 0.6 is 23.2 Å². The molecule has 0 N–H and O–H groups in total. The molecule has 5 heteroatoms. The van der Waals surface area contributed by atoms with Gasteiger partial charge in [-0.3, -0.25) is 9.69 Å². The molecule has 0 aliphatic carbocycles. The predicted octanol–water partition coefficient (Wildman–Crippen LogP) is 3.83. The van der Waals surface area contributed by atoms with Crippen molar-refractivity contribution in [2.24, 2.45) is 11.8 Å². The van der Waals surface area contributed by atoms with E-state index in [1.165, 1.54) is 12.8 Å². The number of nitrogens with zero attached hydrogens (tertiary/aromatic N) is 2. The molecule has 1 aromatic rings. The van der Waals surface area contributed by atoms with Crippen LogP contribution in [0.15, 0.2) is 18.2 Å². The summed E-state index contributed by atoms with van der Waals surface area (Å²) in [7, 11) is 0. The standard InChI is InChI=1S/C18H22Cl2N2O/c19-15-5-4-13(16(20)7-15)10-21-8-12-6-14(11-21)17-2-1-3-18(23)22(17)9-12/h4-5,7,12,14,17H,1-3,6,8-11H2/t12-,14?,17-/m0/s1. The van der Waals surface area contributed by atoms with Gasteiger partial charge in [0, 0.05) is 48.7 Å². The van der Waals surface area contributed by atoms with Gasteiger partial charge in [-0.2, -0.15) is 0 Å². The number of rotatable bonds is 2. The SMILES string of the molecule is O=C1CCC[C@H]2C3C[C@@H](CN(Cc4ccc(Cl)cc4Cl)C3)CN12. The second-order valence-corrected chi connectivity index (χ2v) is 8.14. The highest BCUT2D eigenvalue weighted by Gasteiger charge is 2.43. The van der Waals surface area contributed by atoms with E-state index in [-0.39, 0.29) is 0 Å². The molecule has 3 aliphatic heterocycles. The summed E-state index contributed by atoms with van der Waals surface area (Å²) in [5.41, 5.74) is 1.15. The van der Waals surface area contributed by atoms with Crippen molar-refractivity contribution in [3.8, 4) is 0 Å². The first-order valence-electron chi connectivity index (χ1n) is 8.56. The van der Waals surface area contributed by atoms with Gasteiger partial charge in [-0.1, -0.05) is 29.3 Å². The maximum Gasteiger partial charge on any atom is 0.222 e. The summed E-state index contributed by atoms with van der Waals surface area (Å²) in [4.78, 5) is 16.9. The highest BCUT2D eigenvalue weighted by Crippen LogP contribution is 2.38. The summed E-state index contributed by atoms with van der Waals surface area (Å²) in [5.74, 6) is 1.61. The largest absolute Gasteiger partial charge is 0.339 e. The van der Waals surface area contributed by atoms with Crippen LogP contribution in [0.2, 0.25) is 10.0 Å². The zero-order chi connectivity index (χ0) is 16.0. The van der Waals surface area contributed by atoms with Crippen molar-refractivity contribution in [1.82, 2.24) is 9.80 Å². The molecule has 1 amide bonds. The number of amides is 1. The minimum Gasteiger partial charge on any atom is -0.339 e. The Morgan fingerprint density at radius 1 is 1.17 bits per heavy atom. The van der Waals surface area contributed by atoms with E-state index in [9.17, 15) is 4.79 Å². The Morgan fingerprint density at radius 3 is 2.87 bits per heavy atom. The Labute approximate surface area is 147 Å². The quantitative estimate of drug-likeness (QED) is 0.807. The molecule has 1 unspecified atom stereocenters. The fraction of sp³-hybridized carbons (Fsp3) is 0.611. The van der Waals surface area contributed by atoms with Gasteiger partial charge < -0.3 is 4.90 Å². The molecule has 3 fully saturated rings. The Morgan fingerprint density at radius 2 is 2.04 bits per heavy atom. The minimum atomic E-state index is 0.380. The van der Waals surface area contributed by atoms with Gasteiger partial charge >= 0.3 is 0 Å². The van der Waals surface area contributed by atoms with Crippen LogP contribution in [-0.2, 0) is 11.3 Å². The molecule has 3 heterocycles. The van der Waals surface area contributed by atoms with Crippen LogP contribution in [0.1, 0.15) is 31.2 Å². The number of carbonyl (C=O) groups excluding carboxylic acids is 1. The third-order valence-corrected chi connectivity index (χ3v) is 6.25. The fourth-order valence-electron chi connectivity index (χ4n) is 4.73. The van der Waals surface area contributed by atoms with E-state index in [2.05, 4.69) is 9.80 Å². The van der Waals surface area contributed by atoms with Crippen LogP contribution in [-0.4, -0.2) is 41.4 Å². The smallest absolute Gasteiger partial charge is 0.222 e. The molecule has 3 saturated heterocycles. The Kier molecular flexibility index (Phi) is 4.29. The van der Waals surface area contributed by atoms with Gasteiger partial charge in [-0.05, 0) is 48.8 Å². The average molecular weight is 353 g/mol. The highest BCUT2D eigenvalue weighted by atomic mass is 35.5. The first-order valence-corrected chi connectivity index (χ1v) is 9.31. The summed E-state index contributed by atoms with van der Waals surface area (Å²) in [6.07, 6.45) is 4.27. The molecule has 4 rings (SSSR count). The van der Waals surface area contributed by atoms with Crippen molar-refractivity contribution in [2.75, 3.05) is 19.6 Å². The molecule has 1 aromatic carbocycles. The summed E-state index contributed by atoms with van der Waals surface area (Å²) in [6.45, 7) is 3.96. The third kappa shape index (κ3) is 3.11. The highest BCUT2D eigenvalue weighted by molar-refractivity contribution is 6.35. The van der Waals surface area contributed by atoms with Crippen LogP contribution in [0.25, 0.3) is 0 Å². The lowest BCUT2D eigenvalue weighted by atomic mass is 9.76. The lowest BCUT2D eigenvalue weighted by molar-refractivity contribution is -0.145. The molecule has 0 aromatic heterocycles.